The Labute approximate surface area is 159 Å². The molecule has 2 unspecified atom stereocenters. The molecule has 1 fully saturated rings. The van der Waals surface area contributed by atoms with Crippen molar-refractivity contribution < 1.29 is 9.53 Å². The SMILES string of the molecule is COc1ccc(Cl)cc1N1CCC(NC(=O)C(N)Cc2ccccc2)C1. The van der Waals surface area contributed by atoms with Crippen molar-refractivity contribution in [1.82, 2.24) is 5.32 Å². The molecule has 138 valence electrons. The normalized spacial score (nSPS) is 17.8. The largest absolute Gasteiger partial charge is 0.495 e. The van der Waals surface area contributed by atoms with Gasteiger partial charge in [-0.1, -0.05) is 41.9 Å². The lowest BCUT2D eigenvalue weighted by atomic mass is 10.1. The maximum absolute atomic E-state index is 12.4. The molecule has 1 heterocycles. The number of nitrogens with zero attached hydrogens (tertiary/aromatic N) is 1. The molecule has 0 radical (unpaired) electrons. The predicted molar refractivity (Wildman–Crippen MR) is 105 cm³/mol. The molecule has 0 saturated carbocycles. The topological polar surface area (TPSA) is 67.6 Å². The van der Waals surface area contributed by atoms with Crippen LogP contribution in [0.4, 0.5) is 5.69 Å². The number of carbonyl (C=O) groups excluding carboxylic acids is 1. The standard InChI is InChI=1S/C20H24ClN3O2/c1-26-19-8-7-15(21)12-18(19)24-10-9-16(13-24)23-20(25)17(22)11-14-5-3-2-4-6-14/h2-8,12,16-17H,9-11,13,22H2,1H3,(H,23,25). The zero-order valence-electron chi connectivity index (χ0n) is 14.8. The first-order valence-corrected chi connectivity index (χ1v) is 9.13. The minimum Gasteiger partial charge on any atom is -0.495 e. The second-order valence-electron chi connectivity index (χ2n) is 6.55. The average Bonchev–Trinajstić information content (AvgIpc) is 3.10. The van der Waals surface area contributed by atoms with Gasteiger partial charge < -0.3 is 20.7 Å². The maximum atomic E-state index is 12.4. The maximum Gasteiger partial charge on any atom is 0.237 e. The van der Waals surface area contributed by atoms with Crippen molar-refractivity contribution in [1.29, 1.82) is 0 Å². The van der Waals surface area contributed by atoms with Gasteiger partial charge in [0.2, 0.25) is 5.91 Å². The van der Waals surface area contributed by atoms with E-state index in [9.17, 15) is 4.79 Å². The number of hydrogen-bond acceptors (Lipinski definition) is 4. The first-order chi connectivity index (χ1) is 12.6. The van der Waals surface area contributed by atoms with Gasteiger partial charge in [0.1, 0.15) is 5.75 Å². The minimum absolute atomic E-state index is 0.0630. The van der Waals surface area contributed by atoms with E-state index >= 15 is 0 Å². The van der Waals surface area contributed by atoms with Gasteiger partial charge in [0.15, 0.2) is 0 Å². The van der Waals surface area contributed by atoms with E-state index in [2.05, 4.69) is 10.2 Å². The van der Waals surface area contributed by atoms with Gasteiger partial charge in [0.05, 0.1) is 18.8 Å². The van der Waals surface area contributed by atoms with Crippen molar-refractivity contribution in [3.8, 4) is 5.75 Å². The Bertz CT molecular complexity index is 754. The lowest BCUT2D eigenvalue weighted by molar-refractivity contribution is -0.122. The summed E-state index contributed by atoms with van der Waals surface area (Å²) in [5.74, 6) is 0.668. The minimum atomic E-state index is -0.549. The summed E-state index contributed by atoms with van der Waals surface area (Å²) in [5.41, 5.74) is 8.09. The summed E-state index contributed by atoms with van der Waals surface area (Å²) in [6, 6.07) is 14.9. The fourth-order valence-electron chi connectivity index (χ4n) is 3.28. The monoisotopic (exact) mass is 373 g/mol. The van der Waals surface area contributed by atoms with Gasteiger partial charge in [0.25, 0.3) is 0 Å². The summed E-state index contributed by atoms with van der Waals surface area (Å²) in [6.07, 6.45) is 1.39. The van der Waals surface area contributed by atoms with E-state index in [1.807, 2.05) is 48.5 Å². The molecule has 0 aromatic heterocycles. The lowest BCUT2D eigenvalue weighted by Gasteiger charge is -2.22. The Morgan fingerprint density at radius 2 is 2.12 bits per heavy atom. The summed E-state index contributed by atoms with van der Waals surface area (Å²) in [4.78, 5) is 14.6. The fourth-order valence-corrected chi connectivity index (χ4v) is 3.44. The van der Waals surface area contributed by atoms with Crippen molar-refractivity contribution in [3.63, 3.8) is 0 Å². The van der Waals surface area contributed by atoms with E-state index in [-0.39, 0.29) is 11.9 Å². The molecule has 3 N–H and O–H groups in total. The number of ether oxygens (including phenoxy) is 1. The van der Waals surface area contributed by atoms with Crippen LogP contribution in [0.2, 0.25) is 5.02 Å². The van der Waals surface area contributed by atoms with Crippen molar-refractivity contribution in [3.05, 3.63) is 59.1 Å². The predicted octanol–water partition coefficient (Wildman–Crippen LogP) is 2.61. The molecule has 0 aliphatic carbocycles. The van der Waals surface area contributed by atoms with E-state index in [4.69, 9.17) is 22.1 Å². The first kappa shape index (κ1) is 18.5. The van der Waals surface area contributed by atoms with Crippen molar-refractivity contribution in [2.75, 3.05) is 25.1 Å². The van der Waals surface area contributed by atoms with Crippen LogP contribution in [0, 0.1) is 0 Å². The third kappa shape index (κ3) is 4.48. The smallest absolute Gasteiger partial charge is 0.237 e. The van der Waals surface area contributed by atoms with Crippen LogP contribution in [0.15, 0.2) is 48.5 Å². The Kier molecular flexibility index (Phi) is 6.01. The molecule has 1 saturated heterocycles. The summed E-state index contributed by atoms with van der Waals surface area (Å²) in [6.45, 7) is 1.54. The Morgan fingerprint density at radius 1 is 1.35 bits per heavy atom. The van der Waals surface area contributed by atoms with Crippen LogP contribution < -0.4 is 20.7 Å². The third-order valence-electron chi connectivity index (χ3n) is 4.65. The van der Waals surface area contributed by atoms with E-state index in [1.165, 1.54) is 0 Å². The molecule has 2 atom stereocenters. The number of nitrogens with two attached hydrogens (primary N) is 1. The number of anilines is 1. The van der Waals surface area contributed by atoms with Crippen LogP contribution >= 0.6 is 11.6 Å². The van der Waals surface area contributed by atoms with Crippen molar-refractivity contribution in [2.45, 2.75) is 24.9 Å². The van der Waals surface area contributed by atoms with Gasteiger partial charge in [-0.2, -0.15) is 0 Å². The number of methoxy groups -OCH3 is 1. The van der Waals surface area contributed by atoms with E-state index < -0.39 is 6.04 Å². The number of rotatable bonds is 6. The van der Waals surface area contributed by atoms with Gasteiger partial charge in [-0.25, -0.2) is 0 Å². The highest BCUT2D eigenvalue weighted by atomic mass is 35.5. The first-order valence-electron chi connectivity index (χ1n) is 8.75. The van der Waals surface area contributed by atoms with Crippen molar-refractivity contribution >= 4 is 23.2 Å². The van der Waals surface area contributed by atoms with Gasteiger partial charge in [-0.15, -0.1) is 0 Å². The molecule has 2 aromatic rings. The van der Waals surface area contributed by atoms with Crippen LogP contribution in [0.3, 0.4) is 0 Å². The highest BCUT2D eigenvalue weighted by Gasteiger charge is 2.27. The van der Waals surface area contributed by atoms with Crippen molar-refractivity contribution in [2.24, 2.45) is 5.73 Å². The van der Waals surface area contributed by atoms with E-state index in [0.29, 0.717) is 18.0 Å². The molecule has 1 aliphatic rings. The number of amides is 1. The molecule has 0 spiro atoms. The summed E-state index contributed by atoms with van der Waals surface area (Å²) < 4.78 is 5.43. The summed E-state index contributed by atoms with van der Waals surface area (Å²) in [7, 11) is 1.64. The molecular weight excluding hydrogens is 350 g/mol. The second-order valence-corrected chi connectivity index (χ2v) is 6.99. The number of nitrogens with one attached hydrogen (secondary N) is 1. The zero-order chi connectivity index (χ0) is 18.5. The Hall–Kier alpha value is -2.24. The lowest BCUT2D eigenvalue weighted by Crippen LogP contribution is -2.47. The quantitative estimate of drug-likeness (QED) is 0.816. The van der Waals surface area contributed by atoms with Crippen LogP contribution in [0.5, 0.6) is 5.75 Å². The molecule has 0 bridgehead atoms. The molecule has 26 heavy (non-hydrogen) atoms. The zero-order valence-corrected chi connectivity index (χ0v) is 15.6. The van der Waals surface area contributed by atoms with Crippen LogP contribution in [0.25, 0.3) is 0 Å². The highest BCUT2D eigenvalue weighted by molar-refractivity contribution is 6.30. The molecule has 6 heteroatoms. The second kappa shape index (κ2) is 8.43. The highest BCUT2D eigenvalue weighted by Crippen LogP contribution is 2.33. The van der Waals surface area contributed by atoms with Gasteiger partial charge >= 0.3 is 0 Å². The number of hydrogen-bond donors (Lipinski definition) is 2. The summed E-state index contributed by atoms with van der Waals surface area (Å²) >= 11 is 6.12. The van der Waals surface area contributed by atoms with Gasteiger partial charge in [0, 0.05) is 24.2 Å². The molecular formula is C20H24ClN3O2. The Balaban J connectivity index is 1.57. The van der Waals surface area contributed by atoms with Gasteiger partial charge in [-0.3, -0.25) is 4.79 Å². The number of halogens is 1. The molecule has 3 rings (SSSR count). The van der Waals surface area contributed by atoms with Crippen LogP contribution in [-0.4, -0.2) is 38.2 Å². The third-order valence-corrected chi connectivity index (χ3v) is 4.89. The number of benzene rings is 2. The molecule has 2 aromatic carbocycles. The number of carbonyl (C=O) groups is 1. The summed E-state index contributed by atoms with van der Waals surface area (Å²) in [5, 5.41) is 3.74. The fraction of sp³-hybridized carbons (Fsp3) is 0.350. The molecule has 1 amide bonds. The molecule has 5 nitrogen and oxygen atoms in total. The molecule has 1 aliphatic heterocycles. The Morgan fingerprint density at radius 3 is 2.85 bits per heavy atom. The average molecular weight is 374 g/mol. The van der Waals surface area contributed by atoms with E-state index in [0.717, 1.165) is 30.0 Å². The van der Waals surface area contributed by atoms with E-state index in [1.54, 1.807) is 7.11 Å². The van der Waals surface area contributed by atoms with Crippen LogP contribution in [0.1, 0.15) is 12.0 Å². The van der Waals surface area contributed by atoms with Gasteiger partial charge in [-0.05, 0) is 36.6 Å². The van der Waals surface area contributed by atoms with Crippen LogP contribution in [-0.2, 0) is 11.2 Å².